The van der Waals surface area contributed by atoms with E-state index in [1.165, 1.54) is 0 Å². The Labute approximate surface area is 110 Å². The van der Waals surface area contributed by atoms with Gasteiger partial charge in [-0.2, -0.15) is 0 Å². The molecule has 4 amide bonds. The molecule has 0 radical (unpaired) electrons. The largest absolute Gasteiger partial charge is 0.326 e. The summed E-state index contributed by atoms with van der Waals surface area (Å²) >= 11 is 0. The van der Waals surface area contributed by atoms with Gasteiger partial charge in [-0.15, -0.1) is 0 Å². The molecule has 1 aliphatic rings. The highest BCUT2D eigenvalue weighted by Crippen LogP contribution is 2.10. The summed E-state index contributed by atoms with van der Waals surface area (Å²) in [5, 5.41) is 7.38. The van der Waals surface area contributed by atoms with E-state index in [1.807, 2.05) is 25.1 Å². The number of rotatable bonds is 2. The molecule has 1 unspecified atom stereocenters. The van der Waals surface area contributed by atoms with E-state index in [0.29, 0.717) is 12.1 Å². The second-order valence-corrected chi connectivity index (χ2v) is 4.47. The first-order valence-electron chi connectivity index (χ1n) is 6.02. The van der Waals surface area contributed by atoms with Crippen LogP contribution in [-0.4, -0.2) is 23.9 Å². The zero-order chi connectivity index (χ0) is 13.8. The number of urea groups is 1. The molecule has 0 spiro atoms. The average Bonchev–Trinajstić information content (AvgIpc) is 2.33. The molecule has 100 valence electrons. The Morgan fingerprint density at radius 1 is 1.37 bits per heavy atom. The van der Waals surface area contributed by atoms with Crippen molar-refractivity contribution in [2.24, 2.45) is 0 Å². The van der Waals surface area contributed by atoms with Crippen LogP contribution in [0.5, 0.6) is 0 Å². The van der Waals surface area contributed by atoms with Crippen LogP contribution in [0.4, 0.5) is 10.5 Å². The molecule has 0 aromatic heterocycles. The second-order valence-electron chi connectivity index (χ2n) is 4.47. The zero-order valence-corrected chi connectivity index (χ0v) is 10.5. The van der Waals surface area contributed by atoms with Gasteiger partial charge in [0, 0.05) is 12.1 Å². The van der Waals surface area contributed by atoms with Crippen LogP contribution in [0.15, 0.2) is 24.3 Å². The van der Waals surface area contributed by atoms with Gasteiger partial charge in [0.05, 0.1) is 0 Å². The van der Waals surface area contributed by atoms with Gasteiger partial charge in [0.15, 0.2) is 0 Å². The Kier molecular flexibility index (Phi) is 3.79. The number of benzene rings is 1. The van der Waals surface area contributed by atoms with E-state index < -0.39 is 18.0 Å². The first kappa shape index (κ1) is 13.1. The molecule has 3 N–H and O–H groups in total. The van der Waals surface area contributed by atoms with E-state index in [1.54, 1.807) is 6.07 Å². The van der Waals surface area contributed by atoms with Crippen LogP contribution in [0.3, 0.4) is 0 Å². The molecule has 1 atom stereocenters. The third-order valence-electron chi connectivity index (χ3n) is 2.82. The van der Waals surface area contributed by atoms with E-state index >= 15 is 0 Å². The van der Waals surface area contributed by atoms with E-state index in [0.717, 1.165) is 5.56 Å². The summed E-state index contributed by atoms with van der Waals surface area (Å²) in [6, 6.07) is 6.21. The van der Waals surface area contributed by atoms with E-state index in [-0.39, 0.29) is 12.3 Å². The van der Waals surface area contributed by atoms with E-state index in [4.69, 9.17) is 0 Å². The van der Waals surface area contributed by atoms with Crippen LogP contribution in [0, 0.1) is 6.92 Å². The van der Waals surface area contributed by atoms with Crippen molar-refractivity contribution in [1.29, 1.82) is 0 Å². The van der Waals surface area contributed by atoms with Gasteiger partial charge in [0.1, 0.15) is 6.04 Å². The molecule has 0 aliphatic carbocycles. The summed E-state index contributed by atoms with van der Waals surface area (Å²) in [4.78, 5) is 34.2. The summed E-state index contributed by atoms with van der Waals surface area (Å²) in [5.41, 5.74) is 1.68. The van der Waals surface area contributed by atoms with Crippen molar-refractivity contribution in [1.82, 2.24) is 10.6 Å². The number of hydrogen-bond donors (Lipinski definition) is 3. The fourth-order valence-electron chi connectivity index (χ4n) is 1.88. The number of hydrogen-bond acceptors (Lipinski definition) is 3. The van der Waals surface area contributed by atoms with Gasteiger partial charge in [-0.1, -0.05) is 12.1 Å². The summed E-state index contributed by atoms with van der Waals surface area (Å²) in [6.45, 7) is 1.92. The quantitative estimate of drug-likeness (QED) is 0.692. The molecule has 0 saturated carbocycles. The predicted octanol–water partition coefficient (Wildman–Crippen LogP) is 0.922. The number of amides is 4. The molecular weight excluding hydrogens is 246 g/mol. The molecule has 1 aromatic carbocycles. The van der Waals surface area contributed by atoms with Gasteiger partial charge in [-0.25, -0.2) is 4.79 Å². The van der Waals surface area contributed by atoms with Crippen molar-refractivity contribution < 1.29 is 14.4 Å². The van der Waals surface area contributed by atoms with Gasteiger partial charge in [0.25, 0.3) is 0 Å². The fourth-order valence-corrected chi connectivity index (χ4v) is 1.88. The molecular formula is C13H15N3O3. The lowest BCUT2D eigenvalue weighted by Crippen LogP contribution is -2.53. The van der Waals surface area contributed by atoms with E-state index in [2.05, 4.69) is 16.0 Å². The van der Waals surface area contributed by atoms with Gasteiger partial charge in [-0.05, 0) is 31.0 Å². The van der Waals surface area contributed by atoms with E-state index in [9.17, 15) is 14.4 Å². The molecule has 1 saturated heterocycles. The molecule has 1 fully saturated rings. The number of carbonyl (C=O) groups excluding carboxylic acids is 3. The number of nitrogens with one attached hydrogen (secondary N) is 3. The molecule has 2 rings (SSSR count). The van der Waals surface area contributed by atoms with Gasteiger partial charge >= 0.3 is 6.03 Å². The maximum absolute atomic E-state index is 11.7. The van der Waals surface area contributed by atoms with Crippen LogP contribution in [0.1, 0.15) is 18.4 Å². The number of anilines is 1. The normalized spacial score (nSPS) is 18.7. The Bertz CT molecular complexity index is 528. The van der Waals surface area contributed by atoms with Crippen LogP contribution >= 0.6 is 0 Å². The highest BCUT2D eigenvalue weighted by Gasteiger charge is 2.27. The van der Waals surface area contributed by atoms with Crippen LogP contribution < -0.4 is 16.0 Å². The molecule has 1 aliphatic heterocycles. The topological polar surface area (TPSA) is 87.3 Å². The highest BCUT2D eigenvalue weighted by atomic mass is 16.2. The Morgan fingerprint density at radius 2 is 2.16 bits per heavy atom. The van der Waals surface area contributed by atoms with Crippen LogP contribution in [-0.2, 0) is 9.59 Å². The lowest BCUT2D eigenvalue weighted by atomic mass is 10.1. The minimum Gasteiger partial charge on any atom is -0.326 e. The fraction of sp³-hybridized carbons (Fsp3) is 0.308. The minimum atomic E-state index is -0.664. The summed E-state index contributed by atoms with van der Waals surface area (Å²) in [6.07, 6.45) is 0.563. The molecule has 6 heteroatoms. The van der Waals surface area contributed by atoms with Crippen molar-refractivity contribution in [2.45, 2.75) is 25.8 Å². The number of aryl methyl sites for hydroxylation is 1. The van der Waals surface area contributed by atoms with Gasteiger partial charge in [-0.3, -0.25) is 14.9 Å². The number of imide groups is 1. The third kappa shape index (κ3) is 3.54. The first-order valence-corrected chi connectivity index (χ1v) is 6.02. The van der Waals surface area contributed by atoms with Crippen molar-refractivity contribution in [3.05, 3.63) is 29.8 Å². The second kappa shape index (κ2) is 5.51. The smallest absolute Gasteiger partial charge is 0.319 e. The van der Waals surface area contributed by atoms with Crippen molar-refractivity contribution in [2.75, 3.05) is 5.32 Å². The Balaban J connectivity index is 1.91. The average molecular weight is 261 g/mol. The number of carbonyl (C=O) groups is 3. The maximum Gasteiger partial charge on any atom is 0.319 e. The SMILES string of the molecule is Cc1cccc(NC(=O)NC2CCC(=O)NC2=O)c1. The highest BCUT2D eigenvalue weighted by molar-refractivity contribution is 6.02. The Morgan fingerprint density at radius 3 is 2.84 bits per heavy atom. The standard InChI is InChI=1S/C13H15N3O3/c1-8-3-2-4-9(7-8)14-13(19)15-10-5-6-11(17)16-12(10)18/h2-4,7,10H,5-6H2,1H3,(H2,14,15,19)(H,16,17,18). The summed E-state index contributed by atoms with van der Waals surface area (Å²) < 4.78 is 0. The zero-order valence-electron chi connectivity index (χ0n) is 10.5. The maximum atomic E-state index is 11.7. The van der Waals surface area contributed by atoms with Crippen molar-refractivity contribution >= 4 is 23.5 Å². The molecule has 0 bridgehead atoms. The Hall–Kier alpha value is -2.37. The lowest BCUT2D eigenvalue weighted by molar-refractivity contribution is -0.134. The number of piperidine rings is 1. The summed E-state index contributed by atoms with van der Waals surface area (Å²) in [7, 11) is 0. The summed E-state index contributed by atoms with van der Waals surface area (Å²) in [5.74, 6) is -0.766. The van der Waals surface area contributed by atoms with Gasteiger partial charge in [0.2, 0.25) is 11.8 Å². The monoisotopic (exact) mass is 261 g/mol. The van der Waals surface area contributed by atoms with Crippen molar-refractivity contribution in [3.8, 4) is 0 Å². The van der Waals surface area contributed by atoms with Crippen LogP contribution in [0.2, 0.25) is 0 Å². The molecule has 6 nitrogen and oxygen atoms in total. The minimum absolute atomic E-state index is 0.237. The van der Waals surface area contributed by atoms with Crippen LogP contribution in [0.25, 0.3) is 0 Å². The van der Waals surface area contributed by atoms with Gasteiger partial charge < -0.3 is 10.6 Å². The lowest BCUT2D eigenvalue weighted by Gasteiger charge is -2.21. The predicted molar refractivity (Wildman–Crippen MR) is 69.5 cm³/mol. The molecule has 1 aromatic rings. The third-order valence-corrected chi connectivity index (χ3v) is 2.82. The first-order chi connectivity index (χ1) is 9.04. The van der Waals surface area contributed by atoms with Crippen molar-refractivity contribution in [3.63, 3.8) is 0 Å². The molecule has 1 heterocycles. The molecule has 19 heavy (non-hydrogen) atoms.